The topological polar surface area (TPSA) is 61.8 Å². The van der Waals surface area contributed by atoms with Crippen LogP contribution in [0, 0.1) is 5.92 Å². The van der Waals surface area contributed by atoms with Crippen LogP contribution in [0.2, 0.25) is 0 Å². The minimum Gasteiger partial charge on any atom is -0.384 e. The number of nitrogens with zero attached hydrogens (tertiary/aromatic N) is 1. The Hall–Kier alpha value is -0.650. The van der Waals surface area contributed by atoms with Gasteiger partial charge in [-0.1, -0.05) is 0 Å². The minimum atomic E-state index is -0.338. The van der Waals surface area contributed by atoms with Gasteiger partial charge in [-0.05, 0) is 31.8 Å². The summed E-state index contributed by atoms with van der Waals surface area (Å²) in [4.78, 5) is 12.9. The van der Waals surface area contributed by atoms with Gasteiger partial charge in [0, 0.05) is 13.7 Å². The van der Waals surface area contributed by atoms with Gasteiger partial charge in [-0.2, -0.15) is 0 Å². The summed E-state index contributed by atoms with van der Waals surface area (Å²) in [6.45, 7) is 2.90. The molecule has 0 aliphatic carbocycles. The zero-order chi connectivity index (χ0) is 10.4. The quantitative estimate of drug-likeness (QED) is 0.491. The Labute approximate surface area is 84.0 Å². The fraction of sp³-hybridized carbons (Fsp3) is 0.889. The van der Waals surface area contributed by atoms with E-state index in [1.807, 2.05) is 4.90 Å². The van der Waals surface area contributed by atoms with Crippen LogP contribution in [0.3, 0.4) is 0 Å². The fourth-order valence-electron chi connectivity index (χ4n) is 1.79. The maximum atomic E-state index is 10.9. The number of ether oxygens (including phenoxy) is 1. The van der Waals surface area contributed by atoms with Crippen LogP contribution >= 0.6 is 0 Å². The molecule has 0 spiro atoms. The van der Waals surface area contributed by atoms with E-state index < -0.39 is 0 Å². The third-order valence-electron chi connectivity index (χ3n) is 2.60. The first-order valence-electron chi connectivity index (χ1n) is 4.90. The van der Waals surface area contributed by atoms with Crippen molar-refractivity contribution >= 4 is 5.91 Å². The van der Waals surface area contributed by atoms with Gasteiger partial charge >= 0.3 is 0 Å². The average molecular weight is 202 g/mol. The van der Waals surface area contributed by atoms with Crippen molar-refractivity contribution < 1.29 is 14.7 Å². The third kappa shape index (κ3) is 3.61. The van der Waals surface area contributed by atoms with Crippen LogP contribution in [0.15, 0.2) is 0 Å². The highest BCUT2D eigenvalue weighted by atomic mass is 16.5. The molecule has 0 bridgehead atoms. The molecule has 1 heterocycles. The van der Waals surface area contributed by atoms with Gasteiger partial charge in [0.15, 0.2) is 0 Å². The smallest absolute Gasteiger partial charge is 0.257 e. The summed E-state index contributed by atoms with van der Waals surface area (Å²) in [6.07, 6.45) is 2.12. The molecule has 1 aliphatic heterocycles. The number of carbonyl (C=O) groups excluding carboxylic acids is 1. The van der Waals surface area contributed by atoms with E-state index in [2.05, 4.69) is 0 Å². The van der Waals surface area contributed by atoms with Gasteiger partial charge in [-0.25, -0.2) is 5.48 Å². The monoisotopic (exact) mass is 202 g/mol. The van der Waals surface area contributed by atoms with Crippen LogP contribution in [-0.2, 0) is 9.53 Å². The molecule has 1 saturated heterocycles. The molecule has 1 amide bonds. The first-order chi connectivity index (χ1) is 6.76. The molecule has 0 aromatic rings. The normalized spacial score (nSPS) is 19.6. The molecule has 0 radical (unpaired) electrons. The van der Waals surface area contributed by atoms with Gasteiger partial charge in [0.05, 0.1) is 6.54 Å². The predicted octanol–water partition coefficient (Wildman–Crippen LogP) is -0.150. The standard InChI is InChI=1S/C9H18N2O3/c1-14-7-8-2-4-11(5-3-8)6-9(12)10-13/h8,13H,2-7H2,1H3,(H,10,12). The number of hydrogen-bond acceptors (Lipinski definition) is 4. The second-order valence-electron chi connectivity index (χ2n) is 3.71. The molecular weight excluding hydrogens is 184 g/mol. The van der Waals surface area contributed by atoms with Crippen LogP contribution < -0.4 is 5.48 Å². The number of hydrogen-bond donors (Lipinski definition) is 2. The van der Waals surface area contributed by atoms with Crippen molar-refractivity contribution in [2.75, 3.05) is 33.4 Å². The largest absolute Gasteiger partial charge is 0.384 e. The van der Waals surface area contributed by atoms with Crippen molar-refractivity contribution in [3.05, 3.63) is 0 Å². The van der Waals surface area contributed by atoms with Crippen molar-refractivity contribution in [3.63, 3.8) is 0 Å². The third-order valence-corrected chi connectivity index (χ3v) is 2.60. The number of rotatable bonds is 4. The molecule has 2 N–H and O–H groups in total. The maximum absolute atomic E-state index is 10.9. The summed E-state index contributed by atoms with van der Waals surface area (Å²) >= 11 is 0. The molecular formula is C9H18N2O3. The van der Waals surface area contributed by atoms with Crippen LogP contribution in [-0.4, -0.2) is 49.4 Å². The minimum absolute atomic E-state index is 0.288. The Bertz CT molecular complexity index is 179. The van der Waals surface area contributed by atoms with E-state index >= 15 is 0 Å². The summed E-state index contributed by atoms with van der Waals surface area (Å²) < 4.78 is 5.08. The van der Waals surface area contributed by atoms with Crippen molar-refractivity contribution in [1.29, 1.82) is 0 Å². The number of piperidine rings is 1. The molecule has 0 unspecified atom stereocenters. The van der Waals surface area contributed by atoms with E-state index in [0.29, 0.717) is 5.92 Å². The summed E-state index contributed by atoms with van der Waals surface area (Å²) in [5.74, 6) is 0.281. The van der Waals surface area contributed by atoms with Crippen LogP contribution in [0.25, 0.3) is 0 Å². The number of methoxy groups -OCH3 is 1. The summed E-state index contributed by atoms with van der Waals surface area (Å²) in [6, 6.07) is 0. The molecule has 0 aromatic heterocycles. The molecule has 5 nitrogen and oxygen atoms in total. The lowest BCUT2D eigenvalue weighted by atomic mass is 9.98. The highest BCUT2D eigenvalue weighted by Gasteiger charge is 2.20. The lowest BCUT2D eigenvalue weighted by Gasteiger charge is -2.30. The maximum Gasteiger partial charge on any atom is 0.257 e. The van der Waals surface area contributed by atoms with Gasteiger partial charge < -0.3 is 4.74 Å². The highest BCUT2D eigenvalue weighted by Crippen LogP contribution is 2.16. The van der Waals surface area contributed by atoms with E-state index in [1.54, 1.807) is 12.6 Å². The molecule has 82 valence electrons. The number of amides is 1. The molecule has 1 fully saturated rings. The molecule has 0 saturated carbocycles. The first kappa shape index (κ1) is 11.4. The van der Waals surface area contributed by atoms with E-state index in [4.69, 9.17) is 9.94 Å². The van der Waals surface area contributed by atoms with E-state index in [0.717, 1.165) is 32.5 Å². The molecule has 1 rings (SSSR count). The number of likely N-dealkylation sites (tertiary alicyclic amines) is 1. The van der Waals surface area contributed by atoms with Crippen LogP contribution in [0.5, 0.6) is 0 Å². The zero-order valence-electron chi connectivity index (χ0n) is 8.53. The van der Waals surface area contributed by atoms with Crippen LogP contribution in [0.1, 0.15) is 12.8 Å². The molecule has 0 atom stereocenters. The SMILES string of the molecule is COCC1CCN(CC(=O)NO)CC1. The zero-order valence-corrected chi connectivity index (χ0v) is 8.53. The van der Waals surface area contributed by atoms with Crippen LogP contribution in [0.4, 0.5) is 0 Å². The van der Waals surface area contributed by atoms with E-state index in [1.165, 1.54) is 0 Å². The first-order valence-corrected chi connectivity index (χ1v) is 4.90. The van der Waals surface area contributed by atoms with Crippen molar-refractivity contribution in [2.24, 2.45) is 5.92 Å². The molecule has 1 aliphatic rings. The van der Waals surface area contributed by atoms with Crippen molar-refractivity contribution in [3.8, 4) is 0 Å². The molecule has 0 aromatic carbocycles. The summed E-state index contributed by atoms with van der Waals surface area (Å²) in [5.41, 5.74) is 1.64. The predicted molar refractivity (Wildman–Crippen MR) is 51.0 cm³/mol. The number of carbonyl (C=O) groups is 1. The fourth-order valence-corrected chi connectivity index (χ4v) is 1.79. The Morgan fingerprint density at radius 1 is 1.57 bits per heavy atom. The number of nitrogens with one attached hydrogen (secondary N) is 1. The Kier molecular flexibility index (Phi) is 4.86. The second-order valence-corrected chi connectivity index (χ2v) is 3.71. The van der Waals surface area contributed by atoms with Crippen molar-refractivity contribution in [2.45, 2.75) is 12.8 Å². The van der Waals surface area contributed by atoms with Gasteiger partial charge in [0.1, 0.15) is 0 Å². The van der Waals surface area contributed by atoms with Gasteiger partial charge in [0.2, 0.25) is 0 Å². The second kappa shape index (κ2) is 5.95. The lowest BCUT2D eigenvalue weighted by Crippen LogP contribution is -2.41. The summed E-state index contributed by atoms with van der Waals surface area (Å²) in [5, 5.41) is 8.36. The molecule has 5 heteroatoms. The Morgan fingerprint density at radius 2 is 2.21 bits per heavy atom. The Morgan fingerprint density at radius 3 is 2.71 bits per heavy atom. The van der Waals surface area contributed by atoms with Gasteiger partial charge in [-0.15, -0.1) is 0 Å². The number of hydroxylamine groups is 1. The lowest BCUT2D eigenvalue weighted by molar-refractivity contribution is -0.130. The summed E-state index contributed by atoms with van der Waals surface area (Å²) in [7, 11) is 1.71. The van der Waals surface area contributed by atoms with E-state index in [-0.39, 0.29) is 12.5 Å². The Balaban J connectivity index is 2.18. The van der Waals surface area contributed by atoms with Gasteiger partial charge in [-0.3, -0.25) is 14.9 Å². The van der Waals surface area contributed by atoms with E-state index in [9.17, 15) is 4.79 Å². The average Bonchev–Trinajstić information content (AvgIpc) is 2.21. The molecule has 14 heavy (non-hydrogen) atoms. The van der Waals surface area contributed by atoms with Gasteiger partial charge in [0.25, 0.3) is 5.91 Å². The highest BCUT2D eigenvalue weighted by molar-refractivity contribution is 5.76. The van der Waals surface area contributed by atoms with Crippen molar-refractivity contribution in [1.82, 2.24) is 10.4 Å².